The summed E-state index contributed by atoms with van der Waals surface area (Å²) in [5.74, 6) is 0.873. The Morgan fingerprint density at radius 3 is 2.39 bits per heavy atom. The van der Waals surface area contributed by atoms with Gasteiger partial charge in [0.15, 0.2) is 4.90 Å². The molecule has 2 aromatic carbocycles. The van der Waals surface area contributed by atoms with Crippen LogP contribution in [0.5, 0.6) is 11.5 Å². The quantitative estimate of drug-likeness (QED) is 0.297. The summed E-state index contributed by atoms with van der Waals surface area (Å²) in [6, 6.07) is 13.0. The van der Waals surface area contributed by atoms with Crippen molar-refractivity contribution in [1.29, 1.82) is 0 Å². The maximum absolute atomic E-state index is 12.9. The summed E-state index contributed by atoms with van der Waals surface area (Å²) in [7, 11) is -1.58. The molecule has 1 aromatic heterocycles. The summed E-state index contributed by atoms with van der Waals surface area (Å²) >= 11 is 0. The van der Waals surface area contributed by atoms with E-state index in [1.54, 1.807) is 43.5 Å². The van der Waals surface area contributed by atoms with Crippen LogP contribution < -0.4 is 25.0 Å². The maximum atomic E-state index is 12.9. The summed E-state index contributed by atoms with van der Waals surface area (Å²) < 4.78 is 36.1. The Bertz CT molecular complexity index is 1420. The molecule has 186 valence electrons. The van der Waals surface area contributed by atoms with Crippen LogP contribution in [0, 0.1) is 19.3 Å². The highest BCUT2D eigenvalue weighted by Crippen LogP contribution is 2.32. The van der Waals surface area contributed by atoms with Crippen LogP contribution in [-0.4, -0.2) is 39.4 Å². The molecule has 0 fully saturated rings. The lowest BCUT2D eigenvalue weighted by atomic mass is 10.0. The molecule has 2 amide bonds. The van der Waals surface area contributed by atoms with Crippen molar-refractivity contribution in [2.45, 2.75) is 18.4 Å². The molecular weight excluding hydrogens is 484 g/mol. The molecule has 0 saturated heterocycles. The Morgan fingerprint density at radius 2 is 1.75 bits per heavy atom. The molecule has 0 aliphatic rings. The Morgan fingerprint density at radius 1 is 1.06 bits per heavy atom. The van der Waals surface area contributed by atoms with Crippen molar-refractivity contribution in [2.75, 3.05) is 14.2 Å². The van der Waals surface area contributed by atoms with Gasteiger partial charge in [0, 0.05) is 23.9 Å². The van der Waals surface area contributed by atoms with Crippen LogP contribution in [0.2, 0.25) is 0 Å². The minimum absolute atomic E-state index is 0.0540. The number of sulfonamides is 1. The van der Waals surface area contributed by atoms with Crippen LogP contribution in [-0.2, 0) is 21.4 Å². The van der Waals surface area contributed by atoms with E-state index in [1.807, 2.05) is 12.0 Å². The van der Waals surface area contributed by atoms with Gasteiger partial charge in [-0.05, 0) is 66.4 Å². The number of amides is 2. The molecule has 11 heteroatoms. The van der Waals surface area contributed by atoms with Crippen molar-refractivity contribution < 1.29 is 27.5 Å². The van der Waals surface area contributed by atoms with E-state index in [0.29, 0.717) is 11.3 Å². The number of carbonyl (C=O) groups excluding carboxylic acids is 2. The summed E-state index contributed by atoms with van der Waals surface area (Å²) in [6.07, 6.45) is 6.64. The average molecular weight is 509 g/mol. The Balaban J connectivity index is 1.82. The molecule has 0 radical (unpaired) electrons. The predicted octanol–water partition coefficient (Wildman–Crippen LogP) is 1.95. The highest BCUT2D eigenvalue weighted by atomic mass is 32.2. The molecule has 1 heterocycles. The molecule has 0 saturated carbocycles. The normalized spacial score (nSPS) is 10.7. The zero-order valence-electron chi connectivity index (χ0n) is 19.8. The number of hydrazine groups is 1. The van der Waals surface area contributed by atoms with Crippen molar-refractivity contribution in [3.05, 3.63) is 71.4 Å². The number of hydrogen-bond acceptors (Lipinski definition) is 7. The average Bonchev–Trinajstić information content (AvgIpc) is 2.89. The monoisotopic (exact) mass is 508 g/mol. The number of nitrogens with one attached hydrogen (secondary N) is 3. The molecule has 0 spiro atoms. The van der Waals surface area contributed by atoms with Gasteiger partial charge in [0.1, 0.15) is 11.5 Å². The van der Waals surface area contributed by atoms with E-state index < -0.39 is 21.8 Å². The fourth-order valence-electron chi connectivity index (χ4n) is 3.36. The van der Waals surface area contributed by atoms with Crippen LogP contribution in [0.15, 0.2) is 59.6 Å². The third kappa shape index (κ3) is 6.18. The van der Waals surface area contributed by atoms with E-state index in [0.717, 1.165) is 11.1 Å². The first kappa shape index (κ1) is 26.2. The van der Waals surface area contributed by atoms with Crippen LogP contribution in [0.25, 0.3) is 11.3 Å². The minimum atomic E-state index is -4.24. The van der Waals surface area contributed by atoms with E-state index in [-0.39, 0.29) is 28.5 Å². The van der Waals surface area contributed by atoms with Gasteiger partial charge in [0.25, 0.3) is 21.8 Å². The van der Waals surface area contributed by atoms with Crippen LogP contribution >= 0.6 is 0 Å². The number of aromatic nitrogens is 1. The third-order valence-corrected chi connectivity index (χ3v) is 6.30. The number of rotatable bonds is 9. The van der Waals surface area contributed by atoms with Crippen LogP contribution in [0.4, 0.5) is 0 Å². The Kier molecular flexibility index (Phi) is 8.26. The van der Waals surface area contributed by atoms with Gasteiger partial charge in [-0.2, -0.15) is 0 Å². The first-order chi connectivity index (χ1) is 17.2. The van der Waals surface area contributed by atoms with Crippen molar-refractivity contribution in [2.24, 2.45) is 0 Å². The first-order valence-corrected chi connectivity index (χ1v) is 12.0. The number of carbonyl (C=O) groups is 2. The molecule has 0 unspecified atom stereocenters. The first-order valence-electron chi connectivity index (χ1n) is 10.5. The fourth-order valence-corrected chi connectivity index (χ4v) is 4.52. The topological polar surface area (TPSA) is 136 Å². The second kappa shape index (κ2) is 11.4. The van der Waals surface area contributed by atoms with Crippen LogP contribution in [0.3, 0.4) is 0 Å². The summed E-state index contributed by atoms with van der Waals surface area (Å²) in [6.45, 7) is 2.01. The van der Waals surface area contributed by atoms with Gasteiger partial charge in [0.2, 0.25) is 0 Å². The number of benzene rings is 2. The summed E-state index contributed by atoms with van der Waals surface area (Å²) in [4.78, 5) is 30.4. The molecule has 0 aliphatic carbocycles. The van der Waals surface area contributed by atoms with Gasteiger partial charge in [-0.25, -0.2) is 8.42 Å². The van der Waals surface area contributed by atoms with E-state index in [9.17, 15) is 18.0 Å². The molecule has 0 aliphatic heterocycles. The standard InChI is InChI=1S/C25H24N4O6S/c1-5-23(30)27-15-17-9-10-26-20(13-17)18-11-16(2)12-19(14-18)25(31)28-29-36(32,33)24-21(34-3)7-6-8-22(24)35-4/h1,6-14,29H,15H2,2-4H3,(H,27,30)(H,28,31). The molecule has 3 N–H and O–H groups in total. The largest absolute Gasteiger partial charge is 0.495 e. The number of terminal acetylenes is 1. The summed E-state index contributed by atoms with van der Waals surface area (Å²) in [5.41, 5.74) is 5.11. The number of pyridine rings is 1. The summed E-state index contributed by atoms with van der Waals surface area (Å²) in [5, 5.41) is 2.58. The SMILES string of the molecule is C#CC(=O)NCc1ccnc(-c2cc(C)cc(C(=O)NNS(=O)(=O)c3c(OC)cccc3OC)c2)c1. The number of ether oxygens (including phenoxy) is 2. The van der Waals surface area contributed by atoms with E-state index in [1.165, 1.54) is 26.4 Å². The van der Waals surface area contributed by atoms with Crippen molar-refractivity contribution >= 4 is 21.8 Å². The van der Waals surface area contributed by atoms with E-state index >= 15 is 0 Å². The second-order valence-corrected chi connectivity index (χ2v) is 9.13. The number of hydrogen-bond donors (Lipinski definition) is 3. The molecule has 3 rings (SSSR count). The Hall–Kier alpha value is -4.40. The molecule has 0 bridgehead atoms. The fraction of sp³-hybridized carbons (Fsp3) is 0.160. The third-order valence-electron chi connectivity index (χ3n) is 4.99. The van der Waals surface area contributed by atoms with Gasteiger partial charge >= 0.3 is 0 Å². The minimum Gasteiger partial charge on any atom is -0.495 e. The predicted molar refractivity (Wildman–Crippen MR) is 132 cm³/mol. The van der Waals surface area contributed by atoms with Crippen LogP contribution in [0.1, 0.15) is 21.5 Å². The number of aryl methyl sites for hydroxylation is 1. The molecule has 36 heavy (non-hydrogen) atoms. The van der Waals surface area contributed by atoms with Gasteiger partial charge in [-0.15, -0.1) is 11.3 Å². The molecule has 3 aromatic rings. The smallest absolute Gasteiger partial charge is 0.295 e. The van der Waals surface area contributed by atoms with E-state index in [2.05, 4.69) is 20.6 Å². The lowest BCUT2D eigenvalue weighted by Crippen LogP contribution is -2.41. The molecular formula is C25H24N4O6S. The van der Waals surface area contributed by atoms with Crippen molar-refractivity contribution in [3.8, 4) is 35.1 Å². The molecule has 0 atom stereocenters. The Labute approximate surface area is 209 Å². The highest BCUT2D eigenvalue weighted by molar-refractivity contribution is 7.89. The van der Waals surface area contributed by atoms with Gasteiger partial charge in [0.05, 0.1) is 19.9 Å². The van der Waals surface area contributed by atoms with Crippen molar-refractivity contribution in [3.63, 3.8) is 0 Å². The number of nitrogens with zero attached hydrogens (tertiary/aromatic N) is 1. The van der Waals surface area contributed by atoms with E-state index in [4.69, 9.17) is 15.9 Å². The lowest BCUT2D eigenvalue weighted by Gasteiger charge is -2.15. The number of methoxy groups -OCH3 is 2. The maximum Gasteiger partial charge on any atom is 0.295 e. The van der Waals surface area contributed by atoms with Gasteiger partial charge in [-0.1, -0.05) is 6.07 Å². The van der Waals surface area contributed by atoms with Gasteiger partial charge < -0.3 is 14.8 Å². The zero-order chi connectivity index (χ0) is 26.3. The molecule has 10 nitrogen and oxygen atoms in total. The second-order valence-electron chi connectivity index (χ2n) is 7.52. The zero-order valence-corrected chi connectivity index (χ0v) is 20.6. The highest BCUT2D eigenvalue weighted by Gasteiger charge is 2.25. The van der Waals surface area contributed by atoms with Gasteiger partial charge in [-0.3, -0.25) is 20.0 Å². The van der Waals surface area contributed by atoms with Crippen molar-refractivity contribution in [1.82, 2.24) is 20.6 Å². The lowest BCUT2D eigenvalue weighted by molar-refractivity contribution is -0.115.